The van der Waals surface area contributed by atoms with Crippen molar-refractivity contribution in [3.05, 3.63) is 77.4 Å². The number of carbonyl (C=O) groups excluding carboxylic acids is 2. The Morgan fingerprint density at radius 1 is 0.938 bits per heavy atom. The van der Waals surface area contributed by atoms with Gasteiger partial charge in [0, 0.05) is 21.2 Å². The first-order valence-corrected chi connectivity index (χ1v) is 10.6. The molecule has 0 radical (unpaired) electrons. The van der Waals surface area contributed by atoms with Crippen LogP contribution in [0, 0.1) is 6.92 Å². The number of ether oxygens (including phenoxy) is 2. The second-order valence-corrected chi connectivity index (χ2v) is 8.29. The van der Waals surface area contributed by atoms with Gasteiger partial charge in [0.1, 0.15) is 0 Å². The molecule has 32 heavy (non-hydrogen) atoms. The first-order chi connectivity index (χ1) is 15.5. The van der Waals surface area contributed by atoms with Crippen LogP contribution in [0.15, 0.2) is 60.7 Å². The van der Waals surface area contributed by atoms with Crippen LogP contribution < -0.4 is 20.1 Å². The van der Waals surface area contributed by atoms with E-state index in [-0.39, 0.29) is 21.5 Å². The highest BCUT2D eigenvalue weighted by molar-refractivity contribution is 6.02. The van der Waals surface area contributed by atoms with Crippen LogP contribution in [0.25, 0.3) is 11.1 Å². The van der Waals surface area contributed by atoms with Crippen LogP contribution in [0.1, 0.15) is 37.2 Å². The van der Waals surface area contributed by atoms with Crippen LogP contribution in [-0.4, -0.2) is 25.7 Å². The summed E-state index contributed by atoms with van der Waals surface area (Å²) in [5, 5.41) is 5.74. The molecule has 0 aromatic heterocycles. The molecule has 1 saturated carbocycles. The molecule has 6 nitrogen and oxygen atoms in total. The van der Waals surface area contributed by atoms with E-state index in [2.05, 4.69) is 10.6 Å². The predicted octanol–water partition coefficient (Wildman–Crippen LogP) is 4.91. The smallest absolute Gasteiger partial charge is 0.251 e. The van der Waals surface area contributed by atoms with Crippen molar-refractivity contribution >= 4 is 17.5 Å². The zero-order valence-electron chi connectivity index (χ0n) is 18.0. The van der Waals surface area contributed by atoms with Gasteiger partial charge < -0.3 is 20.1 Å². The maximum atomic E-state index is 13.3. The summed E-state index contributed by atoms with van der Waals surface area (Å²) in [6.45, 7) is 2.25. The normalized spacial score (nSPS) is 15.2. The van der Waals surface area contributed by atoms with Gasteiger partial charge in [-0.05, 0) is 78.4 Å². The SMILES string of the molecule is CNC(=O)c1ccc(-c2cc(NC(=O)C3(c4ccc5c(c4)OCO5)CC3)ccc2C)cc1.[HH].[HH]. The number of fused-ring (bicyclic) bond motifs is 1. The number of carbonyl (C=O) groups is 2. The minimum atomic E-state index is -0.527. The van der Waals surface area contributed by atoms with E-state index in [1.54, 1.807) is 19.2 Å². The van der Waals surface area contributed by atoms with Gasteiger partial charge in [0.25, 0.3) is 5.91 Å². The van der Waals surface area contributed by atoms with Crippen LogP contribution >= 0.6 is 0 Å². The monoisotopic (exact) mass is 432 g/mol. The third-order valence-corrected chi connectivity index (χ3v) is 6.29. The standard InChI is InChI=1S/C26H24N2O4.2H2/c1-16-3-9-20(14-21(16)17-4-6-18(7-5-17)24(29)27-2)28-25(30)26(11-12-26)19-8-10-22-23(13-19)32-15-31-22;;/h3-10,13-14H,11-12,15H2,1-2H3,(H,27,29)(H,28,30);2*1H. The molecule has 1 fully saturated rings. The van der Waals surface area contributed by atoms with E-state index in [1.807, 2.05) is 55.5 Å². The largest absolute Gasteiger partial charge is 0.454 e. The molecule has 6 heteroatoms. The molecule has 1 aliphatic carbocycles. The molecule has 1 aliphatic heterocycles. The number of hydrogen-bond acceptors (Lipinski definition) is 4. The van der Waals surface area contributed by atoms with Gasteiger partial charge in [0.05, 0.1) is 5.41 Å². The lowest BCUT2D eigenvalue weighted by molar-refractivity contribution is -0.118. The lowest BCUT2D eigenvalue weighted by Gasteiger charge is -2.17. The van der Waals surface area contributed by atoms with Gasteiger partial charge in [-0.15, -0.1) is 0 Å². The molecule has 2 amide bonds. The number of rotatable bonds is 5. The first kappa shape index (κ1) is 20.1. The Morgan fingerprint density at radius 3 is 2.41 bits per heavy atom. The highest BCUT2D eigenvalue weighted by Gasteiger charge is 2.51. The highest BCUT2D eigenvalue weighted by Crippen LogP contribution is 2.51. The Hall–Kier alpha value is -3.80. The van der Waals surface area contributed by atoms with E-state index in [0.29, 0.717) is 11.3 Å². The summed E-state index contributed by atoms with van der Waals surface area (Å²) < 4.78 is 10.9. The molecule has 3 aromatic rings. The molecule has 5 rings (SSSR count). The lowest BCUT2D eigenvalue weighted by Crippen LogP contribution is -2.27. The van der Waals surface area contributed by atoms with Crippen LogP contribution in [-0.2, 0) is 10.2 Å². The predicted molar refractivity (Wildman–Crippen MR) is 126 cm³/mol. The van der Waals surface area contributed by atoms with Gasteiger partial charge >= 0.3 is 0 Å². The molecule has 2 aliphatic rings. The van der Waals surface area contributed by atoms with Gasteiger partial charge in [-0.3, -0.25) is 9.59 Å². The van der Waals surface area contributed by atoms with E-state index in [4.69, 9.17) is 9.47 Å². The summed E-state index contributed by atoms with van der Waals surface area (Å²) in [5.41, 5.74) is 4.88. The number of aryl methyl sites for hydroxylation is 1. The van der Waals surface area contributed by atoms with Crippen molar-refractivity contribution in [1.29, 1.82) is 0 Å². The molecule has 0 bridgehead atoms. The van der Waals surface area contributed by atoms with Crippen molar-refractivity contribution in [2.75, 3.05) is 19.2 Å². The van der Waals surface area contributed by atoms with Crippen LogP contribution in [0.2, 0.25) is 0 Å². The molecule has 0 saturated heterocycles. The molecular weight excluding hydrogens is 404 g/mol. The second kappa shape index (κ2) is 7.71. The maximum Gasteiger partial charge on any atom is 0.251 e. The topological polar surface area (TPSA) is 76.7 Å². The Kier molecular flexibility index (Phi) is 4.85. The van der Waals surface area contributed by atoms with Gasteiger partial charge in [0.15, 0.2) is 11.5 Å². The van der Waals surface area contributed by atoms with Gasteiger partial charge in [-0.1, -0.05) is 24.3 Å². The average molecular weight is 433 g/mol. The molecule has 0 spiro atoms. The first-order valence-electron chi connectivity index (χ1n) is 10.6. The number of amides is 2. The zero-order chi connectivity index (χ0) is 22.3. The summed E-state index contributed by atoms with van der Waals surface area (Å²) >= 11 is 0. The quantitative estimate of drug-likeness (QED) is 0.600. The Morgan fingerprint density at radius 2 is 1.69 bits per heavy atom. The van der Waals surface area contributed by atoms with E-state index >= 15 is 0 Å². The van der Waals surface area contributed by atoms with Gasteiger partial charge in [-0.2, -0.15) is 0 Å². The summed E-state index contributed by atoms with van der Waals surface area (Å²) in [4.78, 5) is 25.1. The fourth-order valence-corrected chi connectivity index (χ4v) is 4.17. The maximum absolute atomic E-state index is 13.3. The highest BCUT2D eigenvalue weighted by atomic mass is 16.7. The molecule has 0 unspecified atom stereocenters. The van der Waals surface area contributed by atoms with E-state index in [0.717, 1.165) is 46.5 Å². The number of benzene rings is 3. The van der Waals surface area contributed by atoms with Crippen molar-refractivity contribution in [2.45, 2.75) is 25.2 Å². The van der Waals surface area contributed by atoms with Crippen molar-refractivity contribution < 1.29 is 21.9 Å². The van der Waals surface area contributed by atoms with Gasteiger partial charge in [0.2, 0.25) is 12.7 Å². The van der Waals surface area contributed by atoms with Crippen molar-refractivity contribution in [1.82, 2.24) is 5.32 Å². The van der Waals surface area contributed by atoms with E-state index in [9.17, 15) is 9.59 Å². The fraction of sp³-hybridized carbons (Fsp3) is 0.231. The van der Waals surface area contributed by atoms with E-state index < -0.39 is 5.41 Å². The zero-order valence-corrected chi connectivity index (χ0v) is 18.0. The summed E-state index contributed by atoms with van der Waals surface area (Å²) in [5.74, 6) is 1.28. The fourth-order valence-electron chi connectivity index (χ4n) is 4.17. The van der Waals surface area contributed by atoms with Gasteiger partial charge in [-0.25, -0.2) is 0 Å². The minimum absolute atomic E-state index is 0. The van der Waals surface area contributed by atoms with E-state index in [1.165, 1.54) is 0 Å². The number of nitrogens with one attached hydrogen (secondary N) is 2. The Bertz CT molecular complexity index is 1220. The summed E-state index contributed by atoms with van der Waals surface area (Å²) in [6, 6.07) is 19.1. The molecule has 1 heterocycles. The third-order valence-electron chi connectivity index (χ3n) is 6.29. The van der Waals surface area contributed by atoms with Crippen molar-refractivity contribution in [3.8, 4) is 22.6 Å². The Labute approximate surface area is 189 Å². The average Bonchev–Trinajstić information content (AvgIpc) is 3.50. The minimum Gasteiger partial charge on any atom is -0.454 e. The van der Waals surface area contributed by atoms with Crippen LogP contribution in [0.5, 0.6) is 11.5 Å². The number of hydrogen-bond donors (Lipinski definition) is 2. The number of anilines is 1. The Balaban J connectivity index is 0.00000162. The van der Waals surface area contributed by atoms with Crippen molar-refractivity contribution in [2.24, 2.45) is 0 Å². The molecular formula is C26H28N2O4. The second-order valence-electron chi connectivity index (χ2n) is 8.29. The molecule has 2 N–H and O–H groups in total. The molecule has 0 atom stereocenters. The third kappa shape index (κ3) is 3.47. The lowest BCUT2D eigenvalue weighted by atomic mass is 9.94. The van der Waals surface area contributed by atoms with Crippen molar-refractivity contribution in [3.63, 3.8) is 0 Å². The van der Waals surface area contributed by atoms with Crippen LogP contribution in [0.4, 0.5) is 5.69 Å². The molecule has 166 valence electrons. The summed E-state index contributed by atoms with van der Waals surface area (Å²) in [6.07, 6.45) is 1.61. The van der Waals surface area contributed by atoms with Crippen LogP contribution in [0.3, 0.4) is 0 Å². The molecule has 3 aromatic carbocycles. The summed E-state index contributed by atoms with van der Waals surface area (Å²) in [7, 11) is 1.61.